The van der Waals surface area contributed by atoms with Crippen molar-refractivity contribution in [3.8, 4) is 0 Å². The third-order valence-electron chi connectivity index (χ3n) is 3.93. The van der Waals surface area contributed by atoms with Crippen LogP contribution in [-0.2, 0) is 4.79 Å². The quantitative estimate of drug-likeness (QED) is 0.694. The standard InChI is InChI=1S/C12H22N2O/c1-3-13-9-12(10-13)4-6-14(7-5-12)8-11(2)15/h3-10H2,1-2H3. The van der Waals surface area contributed by atoms with E-state index in [1.165, 1.54) is 32.5 Å². The van der Waals surface area contributed by atoms with Crippen LogP contribution in [-0.4, -0.2) is 54.9 Å². The van der Waals surface area contributed by atoms with Crippen molar-refractivity contribution in [3.05, 3.63) is 0 Å². The monoisotopic (exact) mass is 210 g/mol. The molecule has 0 aliphatic carbocycles. The number of ketones is 1. The van der Waals surface area contributed by atoms with Crippen LogP contribution in [0.1, 0.15) is 26.7 Å². The van der Waals surface area contributed by atoms with E-state index in [4.69, 9.17) is 0 Å². The molecule has 0 unspecified atom stereocenters. The molecule has 3 nitrogen and oxygen atoms in total. The minimum atomic E-state index is 0.301. The Labute approximate surface area is 92.4 Å². The molecular weight excluding hydrogens is 188 g/mol. The van der Waals surface area contributed by atoms with E-state index in [1.54, 1.807) is 6.92 Å². The Morgan fingerprint density at radius 1 is 1.20 bits per heavy atom. The predicted octanol–water partition coefficient (Wildman–Crippen LogP) is 0.993. The molecule has 1 spiro atoms. The minimum Gasteiger partial charge on any atom is -0.302 e. The molecule has 0 aromatic heterocycles. The molecule has 2 heterocycles. The molecule has 86 valence electrons. The number of hydrogen-bond donors (Lipinski definition) is 0. The van der Waals surface area contributed by atoms with Crippen molar-refractivity contribution in [2.75, 3.05) is 39.3 Å². The summed E-state index contributed by atoms with van der Waals surface area (Å²) < 4.78 is 0. The van der Waals surface area contributed by atoms with Gasteiger partial charge in [0.2, 0.25) is 0 Å². The number of piperidine rings is 1. The van der Waals surface area contributed by atoms with Crippen LogP contribution in [0, 0.1) is 5.41 Å². The first-order valence-corrected chi connectivity index (χ1v) is 6.08. The average molecular weight is 210 g/mol. The molecule has 0 N–H and O–H groups in total. The molecule has 0 amide bonds. The molecule has 0 saturated carbocycles. The van der Waals surface area contributed by atoms with E-state index < -0.39 is 0 Å². The number of likely N-dealkylation sites (tertiary alicyclic amines) is 2. The van der Waals surface area contributed by atoms with Crippen molar-refractivity contribution in [3.63, 3.8) is 0 Å². The molecule has 0 radical (unpaired) electrons. The van der Waals surface area contributed by atoms with Gasteiger partial charge < -0.3 is 4.90 Å². The largest absolute Gasteiger partial charge is 0.302 e. The van der Waals surface area contributed by atoms with Crippen LogP contribution in [0.2, 0.25) is 0 Å². The number of carbonyl (C=O) groups is 1. The zero-order chi connectivity index (χ0) is 10.9. The smallest absolute Gasteiger partial charge is 0.143 e. The van der Waals surface area contributed by atoms with E-state index in [-0.39, 0.29) is 0 Å². The van der Waals surface area contributed by atoms with E-state index in [1.807, 2.05) is 0 Å². The zero-order valence-electron chi connectivity index (χ0n) is 9.96. The van der Waals surface area contributed by atoms with Crippen LogP contribution in [0.25, 0.3) is 0 Å². The fourth-order valence-corrected chi connectivity index (χ4v) is 2.94. The van der Waals surface area contributed by atoms with Crippen molar-refractivity contribution in [2.45, 2.75) is 26.7 Å². The lowest BCUT2D eigenvalue weighted by Crippen LogP contribution is -2.60. The summed E-state index contributed by atoms with van der Waals surface area (Å²) in [5.41, 5.74) is 0.614. The van der Waals surface area contributed by atoms with E-state index in [0.29, 0.717) is 17.7 Å². The Morgan fingerprint density at radius 3 is 2.27 bits per heavy atom. The van der Waals surface area contributed by atoms with E-state index >= 15 is 0 Å². The summed E-state index contributed by atoms with van der Waals surface area (Å²) in [7, 11) is 0. The maximum atomic E-state index is 11.0. The van der Waals surface area contributed by atoms with Crippen LogP contribution in [0.5, 0.6) is 0 Å². The second-order valence-corrected chi connectivity index (χ2v) is 5.28. The molecule has 3 heteroatoms. The summed E-state index contributed by atoms with van der Waals surface area (Å²) in [5.74, 6) is 0.301. The number of rotatable bonds is 3. The van der Waals surface area contributed by atoms with Crippen LogP contribution in [0.3, 0.4) is 0 Å². The number of Topliss-reactive ketones (excluding diaryl/α,β-unsaturated/α-hetero) is 1. The van der Waals surface area contributed by atoms with Crippen LogP contribution in [0.15, 0.2) is 0 Å². The van der Waals surface area contributed by atoms with Crippen molar-refractivity contribution in [1.82, 2.24) is 9.80 Å². The Hall–Kier alpha value is -0.410. The van der Waals surface area contributed by atoms with E-state index in [9.17, 15) is 4.79 Å². The highest BCUT2D eigenvalue weighted by Crippen LogP contribution is 2.39. The maximum absolute atomic E-state index is 11.0. The summed E-state index contributed by atoms with van der Waals surface area (Å²) >= 11 is 0. The molecule has 2 rings (SSSR count). The highest BCUT2D eigenvalue weighted by molar-refractivity contribution is 5.77. The lowest BCUT2D eigenvalue weighted by Gasteiger charge is -2.54. The van der Waals surface area contributed by atoms with Gasteiger partial charge in [-0.25, -0.2) is 0 Å². The zero-order valence-corrected chi connectivity index (χ0v) is 9.96. The maximum Gasteiger partial charge on any atom is 0.143 e. The van der Waals surface area contributed by atoms with Gasteiger partial charge in [0.25, 0.3) is 0 Å². The predicted molar refractivity (Wildman–Crippen MR) is 60.9 cm³/mol. The van der Waals surface area contributed by atoms with Gasteiger partial charge in [-0.1, -0.05) is 6.92 Å². The Kier molecular flexibility index (Phi) is 3.12. The third kappa shape index (κ3) is 2.40. The SMILES string of the molecule is CCN1CC2(CCN(CC(C)=O)CC2)C1. The molecule has 15 heavy (non-hydrogen) atoms. The summed E-state index contributed by atoms with van der Waals surface area (Å²) in [6.07, 6.45) is 2.58. The first-order valence-electron chi connectivity index (χ1n) is 6.08. The lowest BCUT2D eigenvalue weighted by molar-refractivity contribution is -0.119. The fourth-order valence-electron chi connectivity index (χ4n) is 2.94. The Bertz CT molecular complexity index is 236. The first kappa shape index (κ1) is 11.1. The van der Waals surface area contributed by atoms with Gasteiger partial charge in [0, 0.05) is 13.1 Å². The molecule has 2 aliphatic heterocycles. The van der Waals surface area contributed by atoms with Crippen LogP contribution in [0.4, 0.5) is 0 Å². The molecule has 0 aromatic rings. The van der Waals surface area contributed by atoms with Crippen molar-refractivity contribution < 1.29 is 4.79 Å². The molecule has 2 aliphatic rings. The molecule has 2 fully saturated rings. The van der Waals surface area contributed by atoms with Crippen molar-refractivity contribution >= 4 is 5.78 Å². The van der Waals surface area contributed by atoms with E-state index in [0.717, 1.165) is 13.1 Å². The topological polar surface area (TPSA) is 23.6 Å². The van der Waals surface area contributed by atoms with Gasteiger partial charge in [-0.15, -0.1) is 0 Å². The summed E-state index contributed by atoms with van der Waals surface area (Å²) in [6.45, 7) is 10.6. The Balaban J connectivity index is 1.76. The normalized spacial score (nSPS) is 26.5. The number of hydrogen-bond acceptors (Lipinski definition) is 3. The second-order valence-electron chi connectivity index (χ2n) is 5.28. The molecule has 0 bridgehead atoms. The highest BCUT2D eigenvalue weighted by atomic mass is 16.1. The van der Waals surface area contributed by atoms with Crippen LogP contribution < -0.4 is 0 Å². The van der Waals surface area contributed by atoms with Crippen LogP contribution >= 0.6 is 0 Å². The van der Waals surface area contributed by atoms with Gasteiger partial charge in [0.15, 0.2) is 0 Å². The summed E-state index contributed by atoms with van der Waals surface area (Å²) in [6, 6.07) is 0. The molecule has 2 saturated heterocycles. The average Bonchev–Trinajstić information content (AvgIpc) is 2.15. The van der Waals surface area contributed by atoms with Crippen molar-refractivity contribution in [1.29, 1.82) is 0 Å². The van der Waals surface area contributed by atoms with Gasteiger partial charge in [0.1, 0.15) is 5.78 Å². The van der Waals surface area contributed by atoms with Gasteiger partial charge in [-0.3, -0.25) is 9.69 Å². The van der Waals surface area contributed by atoms with E-state index in [2.05, 4.69) is 16.7 Å². The second kappa shape index (κ2) is 4.22. The molecular formula is C12H22N2O. The summed E-state index contributed by atoms with van der Waals surface area (Å²) in [5, 5.41) is 0. The Morgan fingerprint density at radius 2 is 1.80 bits per heavy atom. The number of carbonyl (C=O) groups excluding carboxylic acids is 1. The molecule has 0 aromatic carbocycles. The number of nitrogens with zero attached hydrogens (tertiary/aromatic N) is 2. The highest BCUT2D eigenvalue weighted by Gasteiger charge is 2.43. The van der Waals surface area contributed by atoms with Gasteiger partial charge in [0.05, 0.1) is 6.54 Å². The lowest BCUT2D eigenvalue weighted by atomic mass is 9.72. The minimum absolute atomic E-state index is 0.301. The molecule has 0 atom stereocenters. The first-order chi connectivity index (χ1) is 7.13. The fraction of sp³-hybridized carbons (Fsp3) is 0.917. The van der Waals surface area contributed by atoms with Gasteiger partial charge in [-0.05, 0) is 44.8 Å². The van der Waals surface area contributed by atoms with Gasteiger partial charge in [-0.2, -0.15) is 0 Å². The summed E-state index contributed by atoms with van der Waals surface area (Å²) in [4.78, 5) is 15.8. The third-order valence-corrected chi connectivity index (χ3v) is 3.93. The van der Waals surface area contributed by atoms with Gasteiger partial charge >= 0.3 is 0 Å². The van der Waals surface area contributed by atoms with Crippen molar-refractivity contribution in [2.24, 2.45) is 5.41 Å².